The van der Waals surface area contributed by atoms with Crippen molar-refractivity contribution in [3.8, 4) is 5.75 Å². The van der Waals surface area contributed by atoms with Crippen molar-refractivity contribution in [1.82, 2.24) is 0 Å². The minimum atomic E-state index is -4.73. The van der Waals surface area contributed by atoms with Gasteiger partial charge in [0, 0.05) is 6.07 Å². The van der Waals surface area contributed by atoms with Gasteiger partial charge in [0.05, 0.1) is 22.7 Å². The Morgan fingerprint density at radius 3 is 2.33 bits per heavy atom. The van der Waals surface area contributed by atoms with Crippen LogP contribution in [0.4, 0.5) is 34.1 Å². The summed E-state index contributed by atoms with van der Waals surface area (Å²) in [6.45, 7) is 3.98. The predicted molar refractivity (Wildman–Crippen MR) is 122 cm³/mol. The number of nitrogens with zero attached hydrogens (tertiary/aromatic N) is 4. The first-order chi connectivity index (χ1) is 15.6. The number of rotatable bonds is 7. The van der Waals surface area contributed by atoms with Crippen LogP contribution in [-0.4, -0.2) is 19.4 Å². The first-order valence-electron chi connectivity index (χ1n) is 9.40. The number of hydrogen-bond acceptors (Lipinski definition) is 10. The summed E-state index contributed by atoms with van der Waals surface area (Å²) in [5.74, 6) is 0.230. The van der Waals surface area contributed by atoms with Crippen molar-refractivity contribution in [2.24, 2.45) is 20.5 Å². The fourth-order valence-corrected chi connectivity index (χ4v) is 3.42. The second kappa shape index (κ2) is 9.54. The van der Waals surface area contributed by atoms with Crippen LogP contribution in [0.15, 0.2) is 73.9 Å². The van der Waals surface area contributed by atoms with Crippen molar-refractivity contribution in [3.05, 3.63) is 59.7 Å². The zero-order chi connectivity index (χ0) is 24.2. The van der Waals surface area contributed by atoms with Crippen molar-refractivity contribution in [1.29, 1.82) is 0 Å². The molecule has 170 valence electrons. The number of benzene rings is 3. The lowest BCUT2D eigenvalue weighted by molar-refractivity contribution is -0.120. The second-order valence-corrected chi connectivity index (χ2v) is 8.34. The Kier molecular flexibility index (Phi) is 6.80. The van der Waals surface area contributed by atoms with Crippen molar-refractivity contribution in [3.63, 3.8) is 0 Å². The van der Waals surface area contributed by atoms with Crippen molar-refractivity contribution >= 4 is 50.7 Å². The van der Waals surface area contributed by atoms with Crippen molar-refractivity contribution in [2.75, 3.05) is 11.5 Å². The maximum atomic E-state index is 11.9. The highest BCUT2D eigenvalue weighted by Gasteiger charge is 2.22. The molecular formula is C21H20N6O5S. The van der Waals surface area contributed by atoms with E-state index in [2.05, 4.69) is 20.5 Å². The molecule has 0 spiro atoms. The maximum absolute atomic E-state index is 11.9. The molecule has 5 N–H and O–H groups in total. The molecule has 0 aliphatic rings. The number of hydrogen-bond donors (Lipinski definition) is 3. The molecule has 0 fully saturated rings. The molecule has 0 atom stereocenters. The number of nitrogens with two attached hydrogens (primary N) is 2. The van der Waals surface area contributed by atoms with E-state index in [-0.39, 0.29) is 40.7 Å². The topological polar surface area (TPSA) is 182 Å². The van der Waals surface area contributed by atoms with Crippen LogP contribution < -0.4 is 16.2 Å². The van der Waals surface area contributed by atoms with Gasteiger partial charge in [0.25, 0.3) is 16.6 Å². The lowest BCUT2D eigenvalue weighted by Gasteiger charge is -2.10. The average Bonchev–Trinajstić information content (AvgIpc) is 2.75. The zero-order valence-electron chi connectivity index (χ0n) is 17.6. The van der Waals surface area contributed by atoms with Gasteiger partial charge in [0.2, 0.25) is 0 Å². The number of carbonyl (C=O) groups is 1. The SMILES string of the molecule is Cc1ccc(C)c(/N=N/c2c(N)c(/N=N/c3cccc(OC=O)c3)cc(S(=O)(=O)O)c2N)c1. The average molecular weight is 468 g/mol. The molecule has 0 radical (unpaired) electrons. The highest BCUT2D eigenvalue weighted by molar-refractivity contribution is 7.86. The van der Waals surface area contributed by atoms with Gasteiger partial charge in [-0.05, 0) is 49.2 Å². The van der Waals surface area contributed by atoms with E-state index >= 15 is 0 Å². The molecule has 0 aliphatic heterocycles. The highest BCUT2D eigenvalue weighted by Crippen LogP contribution is 2.43. The Labute approximate surface area is 189 Å². The molecule has 0 unspecified atom stereocenters. The molecule has 0 amide bonds. The summed E-state index contributed by atoms with van der Waals surface area (Å²) in [7, 11) is -4.73. The van der Waals surface area contributed by atoms with Gasteiger partial charge in [-0.25, -0.2) is 0 Å². The van der Waals surface area contributed by atoms with E-state index < -0.39 is 15.0 Å². The molecule has 3 aromatic rings. The van der Waals surface area contributed by atoms with Gasteiger partial charge in [-0.3, -0.25) is 9.35 Å². The Morgan fingerprint density at radius 2 is 1.64 bits per heavy atom. The van der Waals surface area contributed by atoms with Crippen LogP contribution in [-0.2, 0) is 14.9 Å². The lowest BCUT2D eigenvalue weighted by atomic mass is 10.1. The smallest absolute Gasteiger partial charge is 0.298 e. The molecule has 0 aliphatic carbocycles. The molecular weight excluding hydrogens is 448 g/mol. The van der Waals surface area contributed by atoms with Crippen molar-refractivity contribution < 1.29 is 22.5 Å². The molecule has 0 saturated heterocycles. The summed E-state index contributed by atoms with van der Waals surface area (Å²) in [6, 6.07) is 12.6. The molecule has 11 nitrogen and oxygen atoms in total. The summed E-state index contributed by atoms with van der Waals surface area (Å²) < 4.78 is 38.1. The third-order valence-electron chi connectivity index (χ3n) is 4.49. The highest BCUT2D eigenvalue weighted by atomic mass is 32.2. The molecule has 12 heteroatoms. The van der Waals surface area contributed by atoms with Crippen molar-refractivity contribution in [2.45, 2.75) is 18.7 Å². The number of anilines is 2. The summed E-state index contributed by atoms with van der Waals surface area (Å²) in [5, 5.41) is 16.1. The minimum absolute atomic E-state index is 0.0991. The lowest BCUT2D eigenvalue weighted by Crippen LogP contribution is -2.05. The van der Waals surface area contributed by atoms with Crippen LogP contribution >= 0.6 is 0 Å². The van der Waals surface area contributed by atoms with Crippen LogP contribution in [0.3, 0.4) is 0 Å². The van der Waals surface area contributed by atoms with E-state index in [1.807, 2.05) is 26.0 Å². The van der Waals surface area contributed by atoms with Gasteiger partial charge in [0.15, 0.2) is 0 Å². The van der Waals surface area contributed by atoms with E-state index in [1.165, 1.54) is 12.1 Å². The number of ether oxygens (including phenoxy) is 1. The Morgan fingerprint density at radius 1 is 0.909 bits per heavy atom. The summed E-state index contributed by atoms with van der Waals surface area (Å²) >= 11 is 0. The van der Waals surface area contributed by atoms with E-state index in [1.54, 1.807) is 18.2 Å². The zero-order valence-corrected chi connectivity index (χ0v) is 18.4. The third kappa shape index (κ3) is 5.56. The van der Waals surface area contributed by atoms with Gasteiger partial charge in [-0.15, -0.1) is 10.2 Å². The summed E-state index contributed by atoms with van der Waals surface area (Å²) in [4.78, 5) is 9.87. The molecule has 0 aromatic heterocycles. The Balaban J connectivity index is 2.11. The Bertz CT molecular complexity index is 1390. The predicted octanol–water partition coefficient (Wildman–Crippen LogP) is 5.08. The fourth-order valence-electron chi connectivity index (χ4n) is 2.78. The van der Waals surface area contributed by atoms with Crippen LogP contribution in [0.5, 0.6) is 5.75 Å². The second-order valence-electron chi connectivity index (χ2n) is 6.95. The van der Waals surface area contributed by atoms with Crippen LogP contribution in [0.1, 0.15) is 11.1 Å². The largest absolute Gasteiger partial charge is 0.429 e. The number of aryl methyl sites for hydroxylation is 2. The van der Waals surface area contributed by atoms with Gasteiger partial charge in [0.1, 0.15) is 22.0 Å². The number of carbonyl (C=O) groups excluding carboxylic acids is 1. The first-order valence-corrected chi connectivity index (χ1v) is 10.8. The minimum Gasteiger partial charge on any atom is -0.429 e. The van der Waals surface area contributed by atoms with Gasteiger partial charge < -0.3 is 16.2 Å². The molecule has 33 heavy (non-hydrogen) atoms. The van der Waals surface area contributed by atoms with E-state index in [9.17, 15) is 17.8 Å². The van der Waals surface area contributed by atoms with Crippen LogP contribution in [0.2, 0.25) is 0 Å². The quantitative estimate of drug-likeness (QED) is 0.187. The van der Waals surface area contributed by atoms with E-state index in [0.29, 0.717) is 5.69 Å². The molecule has 3 rings (SSSR count). The molecule has 0 bridgehead atoms. The van der Waals surface area contributed by atoms with Gasteiger partial charge in [-0.2, -0.15) is 18.6 Å². The molecule has 3 aromatic carbocycles. The normalized spacial score (nSPS) is 11.8. The summed E-state index contributed by atoms with van der Waals surface area (Å²) in [6.07, 6.45) is 0. The third-order valence-corrected chi connectivity index (χ3v) is 5.39. The maximum Gasteiger partial charge on any atom is 0.298 e. The molecule has 0 saturated carbocycles. The molecule has 0 heterocycles. The van der Waals surface area contributed by atoms with E-state index in [0.717, 1.165) is 17.2 Å². The summed E-state index contributed by atoms with van der Waals surface area (Å²) in [5.41, 5.74) is 13.9. The number of nitrogen functional groups attached to an aromatic ring is 2. The monoisotopic (exact) mass is 468 g/mol. The Hall–Kier alpha value is -4.16. The van der Waals surface area contributed by atoms with Crippen LogP contribution in [0, 0.1) is 13.8 Å². The first kappa shape index (κ1) is 23.5. The number of azo groups is 2. The van der Waals surface area contributed by atoms with Gasteiger partial charge >= 0.3 is 0 Å². The van der Waals surface area contributed by atoms with E-state index in [4.69, 9.17) is 16.2 Å². The van der Waals surface area contributed by atoms with Crippen LogP contribution in [0.25, 0.3) is 0 Å². The standard InChI is InChI=1S/C21H20N6O5S/c1-12-6-7-13(2)16(8-12)25-27-21-19(22)17(10-18(20(21)23)33(29,30)31)26-24-14-4-3-5-15(9-14)32-11-28/h3-11H,22-23H2,1-2H3,(H,29,30,31)/b26-24+,27-25+. The fraction of sp³-hybridized carbons (Fsp3) is 0.0952. The van der Waals surface area contributed by atoms with Gasteiger partial charge in [-0.1, -0.05) is 18.2 Å².